The van der Waals surface area contributed by atoms with Crippen LogP contribution in [0.3, 0.4) is 0 Å². The summed E-state index contributed by atoms with van der Waals surface area (Å²) in [5, 5.41) is 27.1. The summed E-state index contributed by atoms with van der Waals surface area (Å²) in [7, 11) is 0. The third-order valence-corrected chi connectivity index (χ3v) is 1.76. The second-order valence-corrected chi connectivity index (χ2v) is 2.69. The summed E-state index contributed by atoms with van der Waals surface area (Å²) in [6.45, 7) is 1.80. The second kappa shape index (κ2) is 4.33. The van der Waals surface area contributed by atoms with Crippen molar-refractivity contribution < 1.29 is 19.7 Å². The maximum Gasteiger partial charge on any atom is 0.339 e. The molecule has 78 valence electrons. The average molecular weight is 207 g/mol. The Bertz CT molecular complexity index is 434. The van der Waals surface area contributed by atoms with Gasteiger partial charge in [-0.15, -0.1) is 0 Å². The third-order valence-electron chi connectivity index (χ3n) is 1.76. The van der Waals surface area contributed by atoms with Crippen LogP contribution < -0.4 is 0 Å². The largest absolute Gasteiger partial charge is 0.504 e. The molecule has 1 rings (SSSR count). The van der Waals surface area contributed by atoms with Gasteiger partial charge >= 0.3 is 5.97 Å². The lowest BCUT2D eigenvalue weighted by atomic mass is 10.1. The van der Waals surface area contributed by atoms with Crippen molar-refractivity contribution in [2.75, 3.05) is 6.61 Å². The van der Waals surface area contributed by atoms with Gasteiger partial charge in [0, 0.05) is 0 Å². The van der Waals surface area contributed by atoms with Crippen molar-refractivity contribution in [3.8, 4) is 17.6 Å². The summed E-state index contributed by atoms with van der Waals surface area (Å²) >= 11 is 0. The molecule has 0 bridgehead atoms. The number of carbonyl (C=O) groups is 1. The minimum Gasteiger partial charge on any atom is -0.504 e. The minimum atomic E-state index is -0.704. The molecule has 15 heavy (non-hydrogen) atoms. The lowest BCUT2D eigenvalue weighted by Crippen LogP contribution is -2.06. The average Bonchev–Trinajstić information content (AvgIpc) is 2.22. The van der Waals surface area contributed by atoms with Gasteiger partial charge in [-0.25, -0.2) is 4.79 Å². The van der Waals surface area contributed by atoms with E-state index in [2.05, 4.69) is 4.74 Å². The van der Waals surface area contributed by atoms with Gasteiger partial charge in [-0.3, -0.25) is 0 Å². The number of esters is 1. The Hall–Kier alpha value is -2.22. The van der Waals surface area contributed by atoms with Gasteiger partial charge in [0.1, 0.15) is 11.6 Å². The number of phenolic OH excluding ortho intramolecular Hbond substituents is 2. The van der Waals surface area contributed by atoms with Crippen LogP contribution in [-0.4, -0.2) is 22.8 Å². The van der Waals surface area contributed by atoms with E-state index >= 15 is 0 Å². The van der Waals surface area contributed by atoms with E-state index in [-0.39, 0.29) is 17.7 Å². The summed E-state index contributed by atoms with van der Waals surface area (Å²) < 4.78 is 4.68. The molecule has 0 spiro atoms. The maximum atomic E-state index is 11.3. The monoisotopic (exact) mass is 207 g/mol. The minimum absolute atomic E-state index is 0.0605. The van der Waals surface area contributed by atoms with E-state index in [0.29, 0.717) is 0 Å². The van der Waals surface area contributed by atoms with Gasteiger partial charge in [0.2, 0.25) is 0 Å². The molecule has 0 aromatic heterocycles. The molecule has 5 nitrogen and oxygen atoms in total. The molecule has 0 heterocycles. The highest BCUT2D eigenvalue weighted by Crippen LogP contribution is 2.30. The molecular weight excluding hydrogens is 198 g/mol. The number of nitrogens with zero attached hydrogens (tertiary/aromatic N) is 1. The van der Waals surface area contributed by atoms with Crippen LogP contribution in [0.1, 0.15) is 22.8 Å². The second-order valence-electron chi connectivity index (χ2n) is 2.69. The van der Waals surface area contributed by atoms with Crippen LogP contribution in [0.4, 0.5) is 0 Å². The molecule has 0 aliphatic heterocycles. The quantitative estimate of drug-likeness (QED) is 0.560. The van der Waals surface area contributed by atoms with E-state index in [4.69, 9.17) is 10.4 Å². The van der Waals surface area contributed by atoms with Crippen molar-refractivity contribution in [3.05, 3.63) is 23.3 Å². The Labute approximate surface area is 86.1 Å². The first-order valence-corrected chi connectivity index (χ1v) is 4.24. The third kappa shape index (κ3) is 1.99. The van der Waals surface area contributed by atoms with E-state index in [1.54, 1.807) is 13.0 Å². The highest BCUT2D eigenvalue weighted by molar-refractivity contribution is 5.93. The van der Waals surface area contributed by atoms with Crippen LogP contribution in [0, 0.1) is 11.3 Å². The van der Waals surface area contributed by atoms with Crippen molar-refractivity contribution in [3.63, 3.8) is 0 Å². The Balaban J connectivity index is 3.26. The molecule has 0 aliphatic carbocycles. The fourth-order valence-corrected chi connectivity index (χ4v) is 1.07. The molecule has 0 unspecified atom stereocenters. The topological polar surface area (TPSA) is 90.6 Å². The number of benzene rings is 1. The number of ether oxygens (including phenoxy) is 1. The van der Waals surface area contributed by atoms with Gasteiger partial charge in [-0.2, -0.15) is 5.26 Å². The SMILES string of the molecule is CCOC(=O)c1ccc(O)c(O)c1C#N. The number of carbonyl (C=O) groups excluding carboxylic acids is 1. The number of rotatable bonds is 2. The normalized spacial score (nSPS) is 9.33. The molecule has 0 radical (unpaired) electrons. The summed E-state index contributed by atoms with van der Waals surface area (Å²) in [6.07, 6.45) is 0. The van der Waals surface area contributed by atoms with Crippen molar-refractivity contribution >= 4 is 5.97 Å². The molecular formula is C10H9NO4. The Morgan fingerprint density at radius 3 is 2.73 bits per heavy atom. The number of phenols is 2. The molecule has 0 atom stereocenters. The zero-order valence-electron chi connectivity index (χ0n) is 8.02. The summed E-state index contributed by atoms with van der Waals surface area (Å²) in [5.74, 6) is -1.76. The van der Waals surface area contributed by atoms with Gasteiger partial charge in [0.25, 0.3) is 0 Å². The first-order valence-electron chi connectivity index (χ1n) is 4.24. The highest BCUT2D eigenvalue weighted by atomic mass is 16.5. The van der Waals surface area contributed by atoms with Crippen LogP contribution in [-0.2, 0) is 4.74 Å². The molecule has 0 aliphatic rings. The van der Waals surface area contributed by atoms with Crippen molar-refractivity contribution in [2.45, 2.75) is 6.92 Å². The Morgan fingerprint density at radius 2 is 2.20 bits per heavy atom. The van der Waals surface area contributed by atoms with Crippen molar-refractivity contribution in [1.29, 1.82) is 5.26 Å². The van der Waals surface area contributed by atoms with Crippen LogP contribution in [0.5, 0.6) is 11.5 Å². The first kappa shape index (κ1) is 10.9. The molecule has 5 heteroatoms. The van der Waals surface area contributed by atoms with E-state index < -0.39 is 17.5 Å². The van der Waals surface area contributed by atoms with Crippen molar-refractivity contribution in [2.24, 2.45) is 0 Å². The number of aromatic hydroxyl groups is 2. The molecule has 1 aromatic rings. The van der Waals surface area contributed by atoms with E-state index in [1.165, 1.54) is 6.07 Å². The predicted octanol–water partition coefficient (Wildman–Crippen LogP) is 1.15. The predicted molar refractivity (Wildman–Crippen MR) is 50.4 cm³/mol. The standard InChI is InChI=1S/C10H9NO4/c1-2-15-10(14)6-3-4-8(12)9(13)7(6)5-11/h3-4,12-13H,2H2,1H3. The van der Waals surface area contributed by atoms with Crippen LogP contribution in [0.25, 0.3) is 0 Å². The van der Waals surface area contributed by atoms with Crippen molar-refractivity contribution in [1.82, 2.24) is 0 Å². The number of hydrogen-bond acceptors (Lipinski definition) is 5. The highest BCUT2D eigenvalue weighted by Gasteiger charge is 2.18. The lowest BCUT2D eigenvalue weighted by molar-refractivity contribution is 0.0525. The van der Waals surface area contributed by atoms with Gasteiger partial charge in [0.05, 0.1) is 12.2 Å². The van der Waals surface area contributed by atoms with Crippen LogP contribution >= 0.6 is 0 Å². The smallest absolute Gasteiger partial charge is 0.339 e. The van der Waals surface area contributed by atoms with Crippen LogP contribution in [0.15, 0.2) is 12.1 Å². The molecule has 2 N–H and O–H groups in total. The van der Waals surface area contributed by atoms with Gasteiger partial charge in [-0.05, 0) is 19.1 Å². The van der Waals surface area contributed by atoms with E-state index in [9.17, 15) is 9.90 Å². The zero-order chi connectivity index (χ0) is 11.4. The fourth-order valence-electron chi connectivity index (χ4n) is 1.07. The lowest BCUT2D eigenvalue weighted by Gasteiger charge is -2.05. The first-order chi connectivity index (χ1) is 7.11. The van der Waals surface area contributed by atoms with Crippen LogP contribution in [0.2, 0.25) is 0 Å². The number of nitriles is 1. The molecule has 0 fully saturated rings. The molecule has 0 amide bonds. The van der Waals surface area contributed by atoms with Gasteiger partial charge in [0.15, 0.2) is 11.5 Å². The number of hydrogen-bond donors (Lipinski definition) is 2. The molecule has 0 saturated heterocycles. The van der Waals surface area contributed by atoms with E-state index in [0.717, 1.165) is 6.07 Å². The zero-order valence-corrected chi connectivity index (χ0v) is 8.02. The molecule has 1 aromatic carbocycles. The maximum absolute atomic E-state index is 11.3. The summed E-state index contributed by atoms with van der Waals surface area (Å²) in [4.78, 5) is 11.3. The Morgan fingerprint density at radius 1 is 1.53 bits per heavy atom. The summed E-state index contributed by atoms with van der Waals surface area (Å²) in [6, 6.07) is 3.99. The summed E-state index contributed by atoms with van der Waals surface area (Å²) in [5.41, 5.74) is -0.344. The Kier molecular flexibility index (Phi) is 3.13. The van der Waals surface area contributed by atoms with Gasteiger partial charge in [-0.1, -0.05) is 0 Å². The van der Waals surface area contributed by atoms with E-state index in [1.807, 2.05) is 0 Å². The molecule has 0 saturated carbocycles. The van der Waals surface area contributed by atoms with Gasteiger partial charge < -0.3 is 14.9 Å². The fraction of sp³-hybridized carbons (Fsp3) is 0.200.